The maximum absolute atomic E-state index is 12.7. The lowest BCUT2D eigenvalue weighted by Crippen LogP contribution is -2.23. The predicted octanol–water partition coefficient (Wildman–Crippen LogP) is 3.57. The second kappa shape index (κ2) is 9.88. The first-order valence-electron chi connectivity index (χ1n) is 9.31. The van der Waals surface area contributed by atoms with Gasteiger partial charge in [-0.2, -0.15) is 13.2 Å². The fraction of sp³-hybridized carbons (Fsp3) is 0.143. The van der Waals surface area contributed by atoms with E-state index in [0.29, 0.717) is 5.76 Å². The number of hydrogen-bond donors (Lipinski definition) is 2. The van der Waals surface area contributed by atoms with E-state index in [1.165, 1.54) is 36.6 Å². The molecular formula is C21H17F3N2O6S. The number of hydrogen-bond acceptors (Lipinski definition) is 6. The van der Waals surface area contributed by atoms with E-state index in [4.69, 9.17) is 9.15 Å². The molecule has 33 heavy (non-hydrogen) atoms. The van der Waals surface area contributed by atoms with Gasteiger partial charge >= 0.3 is 12.1 Å². The molecule has 0 unspecified atom stereocenters. The van der Waals surface area contributed by atoms with Gasteiger partial charge in [0.1, 0.15) is 5.76 Å². The van der Waals surface area contributed by atoms with Crippen LogP contribution in [-0.2, 0) is 32.3 Å². The van der Waals surface area contributed by atoms with Crippen molar-refractivity contribution in [2.45, 2.75) is 17.6 Å². The number of benzene rings is 2. The first-order valence-corrected chi connectivity index (χ1v) is 10.8. The van der Waals surface area contributed by atoms with Crippen LogP contribution in [0, 0.1) is 0 Å². The molecule has 0 aliphatic heterocycles. The number of halogens is 3. The highest BCUT2D eigenvalue weighted by Crippen LogP contribution is 2.30. The maximum atomic E-state index is 12.7. The van der Waals surface area contributed by atoms with Gasteiger partial charge in [-0.1, -0.05) is 6.07 Å². The van der Waals surface area contributed by atoms with Gasteiger partial charge in [-0.15, -0.1) is 0 Å². The van der Waals surface area contributed by atoms with Gasteiger partial charge in [0, 0.05) is 5.69 Å². The Morgan fingerprint density at radius 2 is 1.73 bits per heavy atom. The Morgan fingerprint density at radius 3 is 2.36 bits per heavy atom. The Morgan fingerprint density at radius 1 is 1.00 bits per heavy atom. The molecule has 0 spiro atoms. The van der Waals surface area contributed by atoms with Gasteiger partial charge < -0.3 is 14.5 Å². The van der Waals surface area contributed by atoms with Crippen molar-refractivity contribution in [2.24, 2.45) is 0 Å². The third kappa shape index (κ3) is 6.67. The van der Waals surface area contributed by atoms with E-state index in [-0.39, 0.29) is 22.7 Å². The SMILES string of the molecule is O=C(COC(=O)c1ccc(S(=O)(=O)NCc2ccco2)cc1)Nc1cccc(C(F)(F)F)c1. The topological polar surface area (TPSA) is 115 Å². The van der Waals surface area contributed by atoms with Gasteiger partial charge in [-0.3, -0.25) is 4.79 Å². The number of carbonyl (C=O) groups excluding carboxylic acids is 2. The fourth-order valence-electron chi connectivity index (χ4n) is 2.62. The van der Waals surface area contributed by atoms with Crippen LogP contribution < -0.4 is 10.0 Å². The fourth-order valence-corrected chi connectivity index (χ4v) is 3.61. The molecule has 0 bridgehead atoms. The zero-order valence-corrected chi connectivity index (χ0v) is 17.6. The van der Waals surface area contributed by atoms with E-state index in [1.807, 2.05) is 0 Å². The molecule has 0 radical (unpaired) electrons. The van der Waals surface area contributed by atoms with Gasteiger partial charge in [0.25, 0.3) is 5.91 Å². The summed E-state index contributed by atoms with van der Waals surface area (Å²) >= 11 is 0. The van der Waals surface area contributed by atoms with Crippen molar-refractivity contribution in [1.29, 1.82) is 0 Å². The van der Waals surface area contributed by atoms with Crippen LogP contribution in [0.5, 0.6) is 0 Å². The normalized spacial score (nSPS) is 11.7. The first-order chi connectivity index (χ1) is 15.5. The number of sulfonamides is 1. The molecule has 0 saturated heterocycles. The smallest absolute Gasteiger partial charge is 0.416 e. The lowest BCUT2D eigenvalue weighted by atomic mass is 10.2. The molecule has 0 saturated carbocycles. The molecule has 12 heteroatoms. The number of esters is 1. The molecular weight excluding hydrogens is 465 g/mol. The summed E-state index contributed by atoms with van der Waals surface area (Å²) in [5, 5.41) is 2.20. The summed E-state index contributed by atoms with van der Waals surface area (Å²) in [6.45, 7) is -0.806. The van der Waals surface area contributed by atoms with Crippen LogP contribution in [0.15, 0.2) is 76.2 Å². The number of carbonyl (C=O) groups is 2. The zero-order valence-electron chi connectivity index (χ0n) is 16.8. The lowest BCUT2D eigenvalue weighted by Gasteiger charge is -2.10. The first kappa shape index (κ1) is 24.0. The summed E-state index contributed by atoms with van der Waals surface area (Å²) in [5.74, 6) is -1.34. The van der Waals surface area contributed by atoms with E-state index >= 15 is 0 Å². The van der Waals surface area contributed by atoms with Crippen molar-refractivity contribution in [1.82, 2.24) is 4.72 Å². The van der Waals surface area contributed by atoms with Gasteiger partial charge in [0.05, 0.1) is 28.8 Å². The molecule has 2 aromatic carbocycles. The molecule has 3 rings (SSSR count). The van der Waals surface area contributed by atoms with Crippen molar-refractivity contribution in [3.63, 3.8) is 0 Å². The van der Waals surface area contributed by atoms with E-state index in [2.05, 4.69) is 10.0 Å². The molecule has 8 nitrogen and oxygen atoms in total. The minimum Gasteiger partial charge on any atom is -0.468 e. The van der Waals surface area contributed by atoms with Gasteiger partial charge in [-0.05, 0) is 54.6 Å². The van der Waals surface area contributed by atoms with Crippen LogP contribution in [0.3, 0.4) is 0 Å². The number of amides is 1. The van der Waals surface area contributed by atoms with Crippen LogP contribution in [0.25, 0.3) is 0 Å². The molecule has 0 fully saturated rings. The molecule has 1 heterocycles. The lowest BCUT2D eigenvalue weighted by molar-refractivity contribution is -0.137. The molecule has 0 aliphatic rings. The van der Waals surface area contributed by atoms with Crippen LogP contribution in [-0.4, -0.2) is 26.9 Å². The Labute approximate surface area is 186 Å². The Bertz CT molecular complexity index is 1220. The van der Waals surface area contributed by atoms with E-state index in [9.17, 15) is 31.2 Å². The van der Waals surface area contributed by atoms with Gasteiger partial charge in [-0.25, -0.2) is 17.9 Å². The Hall–Kier alpha value is -3.64. The van der Waals surface area contributed by atoms with Crippen molar-refractivity contribution < 1.29 is 40.3 Å². The van der Waals surface area contributed by atoms with E-state index in [1.54, 1.807) is 12.1 Å². The monoisotopic (exact) mass is 482 g/mol. The second-order valence-electron chi connectivity index (χ2n) is 6.63. The Kier molecular flexibility index (Phi) is 7.19. The third-order valence-corrected chi connectivity index (χ3v) is 5.64. The summed E-state index contributed by atoms with van der Waals surface area (Å²) in [6, 6.07) is 12.0. The van der Waals surface area contributed by atoms with Crippen LogP contribution in [0.1, 0.15) is 21.7 Å². The van der Waals surface area contributed by atoms with Crippen molar-refractivity contribution in [2.75, 3.05) is 11.9 Å². The van der Waals surface area contributed by atoms with Gasteiger partial charge in [0.2, 0.25) is 10.0 Å². The predicted molar refractivity (Wildman–Crippen MR) is 110 cm³/mol. The quantitative estimate of drug-likeness (QED) is 0.475. The number of nitrogens with one attached hydrogen (secondary N) is 2. The summed E-state index contributed by atoms with van der Waals surface area (Å²) in [5.41, 5.74) is -1.07. The minimum absolute atomic E-state index is 0.0214. The third-order valence-electron chi connectivity index (χ3n) is 4.22. The molecule has 174 valence electrons. The highest BCUT2D eigenvalue weighted by atomic mass is 32.2. The zero-order chi connectivity index (χ0) is 24.1. The van der Waals surface area contributed by atoms with Crippen LogP contribution in [0.2, 0.25) is 0 Å². The summed E-state index contributed by atoms with van der Waals surface area (Å²) < 4.78 is 75.0. The average molecular weight is 482 g/mol. The van der Waals surface area contributed by atoms with Crippen molar-refractivity contribution >= 4 is 27.6 Å². The second-order valence-corrected chi connectivity index (χ2v) is 8.40. The number of furan rings is 1. The van der Waals surface area contributed by atoms with Crippen molar-refractivity contribution in [3.05, 3.63) is 83.8 Å². The summed E-state index contributed by atoms with van der Waals surface area (Å²) in [6.07, 6.45) is -3.16. The molecule has 1 amide bonds. The van der Waals surface area contributed by atoms with Gasteiger partial charge in [0.15, 0.2) is 6.61 Å². The van der Waals surface area contributed by atoms with E-state index < -0.39 is 40.2 Å². The Balaban J connectivity index is 1.53. The minimum atomic E-state index is -4.57. The number of anilines is 1. The van der Waals surface area contributed by atoms with Crippen LogP contribution in [0.4, 0.5) is 18.9 Å². The maximum Gasteiger partial charge on any atom is 0.416 e. The average Bonchev–Trinajstić information content (AvgIpc) is 3.30. The highest BCUT2D eigenvalue weighted by Gasteiger charge is 2.30. The largest absolute Gasteiger partial charge is 0.468 e. The van der Waals surface area contributed by atoms with Crippen LogP contribution >= 0.6 is 0 Å². The molecule has 2 N–H and O–H groups in total. The van der Waals surface area contributed by atoms with E-state index in [0.717, 1.165) is 18.2 Å². The number of ether oxygens (including phenoxy) is 1. The summed E-state index contributed by atoms with van der Waals surface area (Å²) in [7, 11) is -3.86. The molecule has 3 aromatic rings. The number of rotatable bonds is 8. The summed E-state index contributed by atoms with van der Waals surface area (Å²) in [4.78, 5) is 23.9. The highest BCUT2D eigenvalue weighted by molar-refractivity contribution is 7.89. The molecule has 1 aromatic heterocycles. The molecule has 0 atom stereocenters. The van der Waals surface area contributed by atoms with Crippen molar-refractivity contribution in [3.8, 4) is 0 Å². The molecule has 0 aliphatic carbocycles. The number of alkyl halides is 3. The standard InChI is InChI=1S/C21H17F3N2O6S/c22-21(23,24)15-3-1-4-16(11-15)26-19(27)13-32-20(28)14-6-8-18(9-7-14)33(29,30)25-12-17-5-2-10-31-17/h1-11,25H,12-13H2,(H,26,27).